The van der Waals surface area contributed by atoms with Gasteiger partial charge >= 0.3 is 0 Å². The van der Waals surface area contributed by atoms with Crippen LogP contribution in [0.3, 0.4) is 0 Å². The summed E-state index contributed by atoms with van der Waals surface area (Å²) in [6.07, 6.45) is 3.54. The fourth-order valence-electron chi connectivity index (χ4n) is 2.56. The maximum absolute atomic E-state index is 9.58. The number of aromatic nitrogens is 1. The van der Waals surface area contributed by atoms with Gasteiger partial charge in [0.05, 0.1) is 12.0 Å². The molecule has 0 aliphatic heterocycles. The molecule has 2 nitrogen and oxygen atoms in total. The van der Waals surface area contributed by atoms with E-state index in [0.29, 0.717) is 5.92 Å². The van der Waals surface area contributed by atoms with E-state index in [0.717, 1.165) is 5.56 Å². The van der Waals surface area contributed by atoms with Gasteiger partial charge in [0, 0.05) is 18.3 Å². The van der Waals surface area contributed by atoms with Crippen molar-refractivity contribution in [2.45, 2.75) is 25.7 Å². The first-order chi connectivity index (χ1) is 9.24. The van der Waals surface area contributed by atoms with Crippen molar-refractivity contribution in [3.63, 3.8) is 0 Å². The lowest BCUT2D eigenvalue weighted by molar-refractivity contribution is 0.465. The van der Waals surface area contributed by atoms with Crippen LogP contribution in [0.5, 0.6) is 0 Å². The first kappa shape index (κ1) is 13.3. The van der Waals surface area contributed by atoms with Crippen LogP contribution in [0.15, 0.2) is 54.9 Å². The van der Waals surface area contributed by atoms with Crippen molar-refractivity contribution in [2.75, 3.05) is 0 Å². The quantitative estimate of drug-likeness (QED) is 0.818. The van der Waals surface area contributed by atoms with Crippen LogP contribution in [-0.4, -0.2) is 4.98 Å². The van der Waals surface area contributed by atoms with Gasteiger partial charge in [-0.1, -0.05) is 50.2 Å². The van der Waals surface area contributed by atoms with Gasteiger partial charge in [-0.2, -0.15) is 5.26 Å². The van der Waals surface area contributed by atoms with E-state index in [4.69, 9.17) is 0 Å². The smallest absolute Gasteiger partial charge is 0.0798 e. The monoisotopic (exact) mass is 250 g/mol. The highest BCUT2D eigenvalue weighted by molar-refractivity contribution is 5.32. The molecule has 0 amide bonds. The van der Waals surface area contributed by atoms with Gasteiger partial charge < -0.3 is 0 Å². The van der Waals surface area contributed by atoms with Crippen LogP contribution in [0, 0.1) is 17.2 Å². The Labute approximate surface area is 114 Å². The highest BCUT2D eigenvalue weighted by Gasteiger charge is 2.27. The van der Waals surface area contributed by atoms with Gasteiger partial charge in [-0.15, -0.1) is 0 Å². The highest BCUT2D eigenvalue weighted by Crippen LogP contribution is 2.37. The molecule has 2 atom stereocenters. The predicted octanol–water partition coefficient (Wildman–Crippen LogP) is 4.13. The lowest BCUT2D eigenvalue weighted by Crippen LogP contribution is -2.16. The van der Waals surface area contributed by atoms with Gasteiger partial charge in [-0.3, -0.25) is 4.98 Å². The Morgan fingerprint density at radius 2 is 1.68 bits per heavy atom. The maximum atomic E-state index is 9.58. The van der Waals surface area contributed by atoms with Gasteiger partial charge in [0.2, 0.25) is 0 Å². The molecule has 0 unspecified atom stereocenters. The third-order valence-corrected chi connectivity index (χ3v) is 3.44. The molecule has 19 heavy (non-hydrogen) atoms. The summed E-state index contributed by atoms with van der Waals surface area (Å²) in [5.41, 5.74) is 2.21. The Balaban J connectivity index is 2.41. The molecule has 96 valence electrons. The van der Waals surface area contributed by atoms with Crippen LogP contribution in [-0.2, 0) is 0 Å². The van der Waals surface area contributed by atoms with Gasteiger partial charge in [-0.25, -0.2) is 0 Å². The third-order valence-electron chi connectivity index (χ3n) is 3.44. The Hall–Kier alpha value is -2.14. The van der Waals surface area contributed by atoms with E-state index in [1.165, 1.54) is 5.56 Å². The number of rotatable bonds is 4. The molecule has 1 aromatic carbocycles. The van der Waals surface area contributed by atoms with Crippen molar-refractivity contribution in [1.29, 1.82) is 5.26 Å². The lowest BCUT2D eigenvalue weighted by atomic mass is 9.76. The summed E-state index contributed by atoms with van der Waals surface area (Å²) in [5, 5.41) is 9.58. The summed E-state index contributed by atoms with van der Waals surface area (Å²) < 4.78 is 0. The number of benzene rings is 1. The molecule has 1 aromatic heterocycles. The molecule has 0 saturated heterocycles. The summed E-state index contributed by atoms with van der Waals surface area (Å²) in [5.74, 6) is 0.429. The minimum absolute atomic E-state index is 0.156. The second-order valence-electron chi connectivity index (χ2n) is 5.07. The minimum atomic E-state index is -0.156. The molecule has 0 bridgehead atoms. The molecular weight excluding hydrogens is 232 g/mol. The molecule has 0 saturated carbocycles. The van der Waals surface area contributed by atoms with Gasteiger partial charge in [0.1, 0.15) is 0 Å². The SMILES string of the molecule is CC(C)[C@H](c1ccccc1)[C@@H](C#N)c1cccnc1. The number of hydrogen-bond acceptors (Lipinski definition) is 2. The fraction of sp³-hybridized carbons (Fsp3) is 0.294. The second-order valence-corrected chi connectivity index (χ2v) is 5.07. The maximum Gasteiger partial charge on any atom is 0.0798 e. The molecule has 2 aromatic rings. The largest absolute Gasteiger partial charge is 0.264 e. The molecule has 0 fully saturated rings. The molecule has 2 rings (SSSR count). The van der Waals surface area contributed by atoms with Crippen LogP contribution in [0.1, 0.15) is 36.8 Å². The number of hydrogen-bond donors (Lipinski definition) is 0. The van der Waals surface area contributed by atoms with Crippen LogP contribution in [0.2, 0.25) is 0 Å². The van der Waals surface area contributed by atoms with Crippen LogP contribution < -0.4 is 0 Å². The third kappa shape index (κ3) is 3.00. The van der Waals surface area contributed by atoms with Crippen LogP contribution in [0.4, 0.5) is 0 Å². The summed E-state index contributed by atoms with van der Waals surface area (Å²) in [7, 11) is 0. The van der Waals surface area contributed by atoms with Crippen molar-refractivity contribution < 1.29 is 0 Å². The standard InChI is InChI=1S/C17H18N2/c1-13(2)17(14-7-4-3-5-8-14)16(11-18)15-9-6-10-19-12-15/h3-10,12-13,16-17H,1-2H3/t16-,17+/m0/s1. The van der Waals surface area contributed by atoms with Gasteiger partial charge in [0.15, 0.2) is 0 Å². The first-order valence-electron chi connectivity index (χ1n) is 6.58. The zero-order chi connectivity index (χ0) is 13.7. The summed E-state index contributed by atoms with van der Waals surface area (Å²) in [6, 6.07) is 16.6. The summed E-state index contributed by atoms with van der Waals surface area (Å²) in [6.45, 7) is 4.33. The zero-order valence-electron chi connectivity index (χ0n) is 11.3. The van der Waals surface area contributed by atoms with E-state index in [9.17, 15) is 5.26 Å². The average molecular weight is 250 g/mol. The van der Waals surface area contributed by atoms with Crippen molar-refractivity contribution >= 4 is 0 Å². The Bertz CT molecular complexity index is 540. The molecule has 0 aliphatic carbocycles. The van der Waals surface area contributed by atoms with E-state index >= 15 is 0 Å². The summed E-state index contributed by atoms with van der Waals surface area (Å²) >= 11 is 0. The first-order valence-corrected chi connectivity index (χ1v) is 6.58. The number of nitriles is 1. The Kier molecular flexibility index (Phi) is 4.30. The van der Waals surface area contributed by atoms with E-state index in [2.05, 4.69) is 37.0 Å². The van der Waals surface area contributed by atoms with Gasteiger partial charge in [0.25, 0.3) is 0 Å². The van der Waals surface area contributed by atoms with Crippen LogP contribution in [0.25, 0.3) is 0 Å². The zero-order valence-corrected chi connectivity index (χ0v) is 11.3. The van der Waals surface area contributed by atoms with E-state index in [-0.39, 0.29) is 11.8 Å². The average Bonchev–Trinajstić information content (AvgIpc) is 2.46. The topological polar surface area (TPSA) is 36.7 Å². The lowest BCUT2D eigenvalue weighted by Gasteiger charge is -2.26. The highest BCUT2D eigenvalue weighted by atomic mass is 14.6. The normalized spacial score (nSPS) is 13.8. The van der Waals surface area contributed by atoms with E-state index in [1.807, 2.05) is 30.3 Å². The molecule has 1 heterocycles. The Morgan fingerprint density at radius 3 is 2.21 bits per heavy atom. The van der Waals surface area contributed by atoms with E-state index < -0.39 is 0 Å². The molecule has 0 spiro atoms. The fourth-order valence-corrected chi connectivity index (χ4v) is 2.56. The van der Waals surface area contributed by atoms with Crippen molar-refractivity contribution in [3.05, 3.63) is 66.0 Å². The molecular formula is C17H18N2. The minimum Gasteiger partial charge on any atom is -0.264 e. The van der Waals surface area contributed by atoms with Crippen molar-refractivity contribution in [1.82, 2.24) is 4.98 Å². The molecule has 0 N–H and O–H groups in total. The number of nitrogens with zero attached hydrogens (tertiary/aromatic N) is 2. The van der Waals surface area contributed by atoms with Gasteiger partial charge in [-0.05, 0) is 23.1 Å². The molecule has 0 radical (unpaired) electrons. The number of pyridine rings is 1. The Morgan fingerprint density at radius 1 is 1.00 bits per heavy atom. The second kappa shape index (κ2) is 6.15. The van der Waals surface area contributed by atoms with Crippen LogP contribution >= 0.6 is 0 Å². The van der Waals surface area contributed by atoms with Crippen molar-refractivity contribution in [2.24, 2.45) is 5.92 Å². The summed E-state index contributed by atoms with van der Waals surface area (Å²) in [4.78, 5) is 4.14. The van der Waals surface area contributed by atoms with E-state index in [1.54, 1.807) is 12.4 Å². The van der Waals surface area contributed by atoms with Crippen molar-refractivity contribution in [3.8, 4) is 6.07 Å². The molecule has 0 aliphatic rings. The molecule has 2 heteroatoms. The predicted molar refractivity (Wildman–Crippen MR) is 76.6 cm³/mol.